The minimum Gasteiger partial charge on any atom is -0.481 e. The smallest absolute Gasteiger partial charge is 0.271 e. The maximum Gasteiger partial charge on any atom is 0.271 e. The SMILES string of the molecule is NNC(=O)COc1cc(Br)ccc1F. The van der Waals surface area contributed by atoms with Crippen molar-refractivity contribution in [3.05, 3.63) is 28.5 Å². The van der Waals surface area contributed by atoms with Crippen LogP contribution in [0, 0.1) is 5.82 Å². The maximum absolute atomic E-state index is 13.0. The molecule has 1 aromatic rings. The number of nitrogens with one attached hydrogen (secondary N) is 1. The van der Waals surface area contributed by atoms with Gasteiger partial charge in [-0.2, -0.15) is 0 Å². The van der Waals surface area contributed by atoms with Crippen molar-refractivity contribution in [3.63, 3.8) is 0 Å². The topological polar surface area (TPSA) is 64.3 Å². The number of carbonyl (C=O) groups is 1. The lowest BCUT2D eigenvalue weighted by molar-refractivity contribution is -0.123. The fourth-order valence-electron chi connectivity index (χ4n) is 0.773. The third-order valence-electron chi connectivity index (χ3n) is 1.41. The van der Waals surface area contributed by atoms with Gasteiger partial charge in [0.05, 0.1) is 0 Å². The van der Waals surface area contributed by atoms with Crippen molar-refractivity contribution in [2.24, 2.45) is 5.84 Å². The largest absolute Gasteiger partial charge is 0.481 e. The monoisotopic (exact) mass is 262 g/mol. The Hall–Kier alpha value is -1.14. The lowest BCUT2D eigenvalue weighted by Gasteiger charge is -2.06. The molecule has 4 nitrogen and oxygen atoms in total. The van der Waals surface area contributed by atoms with Gasteiger partial charge in [-0.1, -0.05) is 15.9 Å². The number of rotatable bonds is 3. The highest BCUT2D eigenvalue weighted by atomic mass is 79.9. The van der Waals surface area contributed by atoms with Crippen LogP contribution in [0.3, 0.4) is 0 Å². The Morgan fingerprint density at radius 2 is 2.36 bits per heavy atom. The molecular formula is C8H8BrFN2O2. The highest BCUT2D eigenvalue weighted by molar-refractivity contribution is 9.10. The van der Waals surface area contributed by atoms with Crippen molar-refractivity contribution in [2.75, 3.05) is 6.61 Å². The normalized spacial score (nSPS) is 9.64. The van der Waals surface area contributed by atoms with Gasteiger partial charge in [-0.3, -0.25) is 10.2 Å². The first-order valence-electron chi connectivity index (χ1n) is 3.71. The molecule has 3 N–H and O–H groups in total. The summed E-state index contributed by atoms with van der Waals surface area (Å²) in [4.78, 5) is 10.7. The highest BCUT2D eigenvalue weighted by Gasteiger charge is 2.06. The predicted octanol–water partition coefficient (Wildman–Crippen LogP) is 0.957. The Morgan fingerprint density at radius 3 is 3.00 bits per heavy atom. The van der Waals surface area contributed by atoms with Crippen LogP contribution in [-0.4, -0.2) is 12.5 Å². The molecule has 0 heterocycles. The number of amides is 1. The van der Waals surface area contributed by atoms with Crippen LogP contribution in [0.25, 0.3) is 0 Å². The molecule has 0 saturated carbocycles. The number of halogens is 2. The molecule has 0 atom stereocenters. The molecule has 1 rings (SSSR count). The molecule has 0 saturated heterocycles. The maximum atomic E-state index is 13.0. The predicted molar refractivity (Wildman–Crippen MR) is 51.9 cm³/mol. The van der Waals surface area contributed by atoms with Crippen LogP contribution in [-0.2, 0) is 4.79 Å². The van der Waals surface area contributed by atoms with Gasteiger partial charge in [-0.15, -0.1) is 0 Å². The van der Waals surface area contributed by atoms with Crippen molar-refractivity contribution < 1.29 is 13.9 Å². The van der Waals surface area contributed by atoms with Gasteiger partial charge in [-0.05, 0) is 18.2 Å². The molecule has 0 aliphatic carbocycles. The van der Waals surface area contributed by atoms with Crippen LogP contribution in [0.4, 0.5) is 4.39 Å². The van der Waals surface area contributed by atoms with Crippen LogP contribution < -0.4 is 16.0 Å². The van der Waals surface area contributed by atoms with Gasteiger partial charge in [0, 0.05) is 4.47 Å². The fourth-order valence-corrected chi connectivity index (χ4v) is 1.11. The lowest BCUT2D eigenvalue weighted by Crippen LogP contribution is -2.34. The van der Waals surface area contributed by atoms with Gasteiger partial charge in [0.15, 0.2) is 18.2 Å². The molecule has 1 amide bonds. The second kappa shape index (κ2) is 4.92. The summed E-state index contributed by atoms with van der Waals surface area (Å²) in [5.41, 5.74) is 1.87. The summed E-state index contributed by atoms with van der Waals surface area (Å²) < 4.78 is 18.6. The van der Waals surface area contributed by atoms with Crippen LogP contribution in [0.15, 0.2) is 22.7 Å². The summed E-state index contributed by atoms with van der Waals surface area (Å²) in [5.74, 6) is 3.77. The number of hydrazine groups is 1. The Bertz CT molecular complexity index is 346. The first kappa shape index (κ1) is 10.9. The van der Waals surface area contributed by atoms with Gasteiger partial charge in [0.1, 0.15) is 0 Å². The van der Waals surface area contributed by atoms with Gasteiger partial charge >= 0.3 is 0 Å². The lowest BCUT2D eigenvalue weighted by atomic mass is 10.3. The molecule has 0 unspecified atom stereocenters. The van der Waals surface area contributed by atoms with E-state index in [9.17, 15) is 9.18 Å². The highest BCUT2D eigenvalue weighted by Crippen LogP contribution is 2.21. The molecule has 0 bridgehead atoms. The minimum atomic E-state index is -0.530. The van der Waals surface area contributed by atoms with Crippen LogP contribution >= 0.6 is 15.9 Å². The summed E-state index contributed by atoms with van der Waals surface area (Å²) in [6, 6.07) is 4.20. The van der Waals surface area contributed by atoms with Crippen molar-refractivity contribution in [2.45, 2.75) is 0 Å². The second-order valence-electron chi connectivity index (χ2n) is 2.43. The molecule has 6 heteroatoms. The van der Waals surface area contributed by atoms with E-state index in [0.29, 0.717) is 4.47 Å². The van der Waals surface area contributed by atoms with Crippen molar-refractivity contribution in [1.82, 2.24) is 5.43 Å². The first-order chi connectivity index (χ1) is 6.63. The van der Waals surface area contributed by atoms with E-state index >= 15 is 0 Å². The van der Waals surface area contributed by atoms with E-state index in [4.69, 9.17) is 10.6 Å². The molecule has 0 fully saturated rings. The number of carbonyl (C=O) groups excluding carboxylic acids is 1. The summed E-state index contributed by atoms with van der Waals surface area (Å²) in [7, 11) is 0. The van der Waals surface area contributed by atoms with Crippen LogP contribution in [0.1, 0.15) is 0 Å². The Kier molecular flexibility index (Phi) is 3.84. The Labute approximate surface area is 88.3 Å². The minimum absolute atomic E-state index is 0.00275. The van der Waals surface area contributed by atoms with Gasteiger partial charge in [0.2, 0.25) is 0 Å². The number of ether oxygens (including phenoxy) is 1. The van der Waals surface area contributed by atoms with E-state index in [-0.39, 0.29) is 12.4 Å². The van der Waals surface area contributed by atoms with Gasteiger partial charge in [-0.25, -0.2) is 10.2 Å². The summed E-state index contributed by atoms with van der Waals surface area (Å²) in [6.07, 6.45) is 0. The number of hydrogen-bond donors (Lipinski definition) is 2. The molecule has 0 aliphatic rings. The van der Waals surface area contributed by atoms with E-state index in [2.05, 4.69) is 15.9 Å². The Morgan fingerprint density at radius 1 is 1.64 bits per heavy atom. The van der Waals surface area contributed by atoms with Crippen molar-refractivity contribution >= 4 is 21.8 Å². The molecule has 1 aromatic carbocycles. The number of hydrogen-bond acceptors (Lipinski definition) is 3. The average molecular weight is 263 g/mol. The van der Waals surface area contributed by atoms with E-state index in [1.807, 2.05) is 5.43 Å². The molecular weight excluding hydrogens is 255 g/mol. The van der Waals surface area contributed by atoms with Crippen molar-refractivity contribution in [3.8, 4) is 5.75 Å². The molecule has 0 spiro atoms. The quantitative estimate of drug-likeness (QED) is 0.485. The molecule has 0 aromatic heterocycles. The van der Waals surface area contributed by atoms with E-state index < -0.39 is 11.7 Å². The third-order valence-corrected chi connectivity index (χ3v) is 1.91. The summed E-state index contributed by atoms with van der Waals surface area (Å²) in [6.45, 7) is -0.316. The third kappa shape index (κ3) is 2.97. The number of benzene rings is 1. The van der Waals surface area contributed by atoms with Crippen LogP contribution in [0.5, 0.6) is 5.75 Å². The summed E-state index contributed by atoms with van der Waals surface area (Å²) >= 11 is 3.15. The number of nitrogens with two attached hydrogens (primary N) is 1. The average Bonchev–Trinajstić information content (AvgIpc) is 2.19. The molecule has 0 aliphatic heterocycles. The van der Waals surface area contributed by atoms with Crippen LogP contribution in [0.2, 0.25) is 0 Å². The summed E-state index contributed by atoms with van der Waals surface area (Å²) in [5, 5.41) is 0. The zero-order valence-corrected chi connectivity index (χ0v) is 8.67. The van der Waals surface area contributed by atoms with E-state index in [1.165, 1.54) is 18.2 Å². The van der Waals surface area contributed by atoms with Gasteiger partial charge < -0.3 is 4.74 Å². The molecule has 76 valence electrons. The zero-order chi connectivity index (χ0) is 10.6. The second-order valence-corrected chi connectivity index (χ2v) is 3.35. The zero-order valence-electron chi connectivity index (χ0n) is 7.09. The van der Waals surface area contributed by atoms with Crippen molar-refractivity contribution in [1.29, 1.82) is 0 Å². The molecule has 14 heavy (non-hydrogen) atoms. The van der Waals surface area contributed by atoms with E-state index in [1.54, 1.807) is 0 Å². The fraction of sp³-hybridized carbons (Fsp3) is 0.125. The van der Waals surface area contributed by atoms with Gasteiger partial charge in [0.25, 0.3) is 5.91 Å². The molecule has 0 radical (unpaired) electrons. The standard InChI is InChI=1S/C8H8BrFN2O2/c9-5-1-2-6(10)7(3-5)14-4-8(13)12-11/h1-3H,4,11H2,(H,12,13). The first-order valence-corrected chi connectivity index (χ1v) is 4.50. The Balaban J connectivity index is 2.66. The van der Waals surface area contributed by atoms with E-state index in [0.717, 1.165) is 0 Å².